The number of carbonyl (C=O) groups excluding carboxylic acids is 4. The number of oxime groups is 1. The van der Waals surface area contributed by atoms with Crippen molar-refractivity contribution >= 4 is 29.7 Å². The highest BCUT2D eigenvalue weighted by Crippen LogP contribution is 2.27. The minimum atomic E-state index is -2.25. The van der Waals surface area contributed by atoms with Crippen LogP contribution in [0.3, 0.4) is 0 Å². The fourth-order valence-corrected chi connectivity index (χ4v) is 4.40. The average Bonchev–Trinajstić information content (AvgIpc) is 3.34. The van der Waals surface area contributed by atoms with Gasteiger partial charge in [-0.3, -0.25) is 19.2 Å². The van der Waals surface area contributed by atoms with Gasteiger partial charge in [0.15, 0.2) is 36.2 Å². The summed E-state index contributed by atoms with van der Waals surface area (Å²) in [5.41, 5.74) is -0.448. The summed E-state index contributed by atoms with van der Waals surface area (Å²) >= 11 is 0. The molecule has 0 saturated carbocycles. The molecule has 3 atom stereocenters. The van der Waals surface area contributed by atoms with Crippen molar-refractivity contribution in [2.75, 3.05) is 46.1 Å². The second kappa shape index (κ2) is 35.7. The van der Waals surface area contributed by atoms with Crippen molar-refractivity contribution < 1.29 is 74.4 Å². The van der Waals surface area contributed by atoms with Gasteiger partial charge in [-0.15, -0.1) is 0 Å². The highest BCUT2D eigenvalue weighted by atomic mass is 19.2. The molecule has 2 aromatic carbocycles. The van der Waals surface area contributed by atoms with E-state index in [2.05, 4.69) is 50.9 Å². The Bertz CT molecular complexity index is 1880. The lowest BCUT2D eigenvalue weighted by molar-refractivity contribution is -0.156. The minimum absolute atomic E-state index is 0.0410. The number of halogens is 5. The molecular formula is C50H76F5N3O11. The van der Waals surface area contributed by atoms with Gasteiger partial charge in [-0.05, 0) is 104 Å². The van der Waals surface area contributed by atoms with Crippen molar-refractivity contribution in [1.82, 2.24) is 5.32 Å². The monoisotopic (exact) mass is 990 g/mol. The summed E-state index contributed by atoms with van der Waals surface area (Å²) in [4.78, 5) is 53.1. The van der Waals surface area contributed by atoms with E-state index in [0.29, 0.717) is 32.1 Å². The molecule has 0 aliphatic rings. The zero-order valence-corrected chi connectivity index (χ0v) is 43.0. The molecule has 1 amide bonds. The zero-order chi connectivity index (χ0) is 53.3. The number of ether oxygens (including phenoxy) is 6. The Balaban J connectivity index is 0. The predicted molar refractivity (Wildman–Crippen MR) is 253 cm³/mol. The third kappa shape index (κ3) is 26.8. The van der Waals surface area contributed by atoms with Crippen LogP contribution in [-0.2, 0) is 49.5 Å². The van der Waals surface area contributed by atoms with E-state index in [4.69, 9.17) is 30.3 Å². The van der Waals surface area contributed by atoms with Crippen molar-refractivity contribution in [2.45, 2.75) is 148 Å². The van der Waals surface area contributed by atoms with Gasteiger partial charge >= 0.3 is 24.0 Å². The summed E-state index contributed by atoms with van der Waals surface area (Å²) in [7, 11) is 0. The molecule has 0 spiro atoms. The lowest BCUT2D eigenvalue weighted by Crippen LogP contribution is -2.28. The van der Waals surface area contributed by atoms with Gasteiger partial charge in [0.2, 0.25) is 12.4 Å². The molecule has 19 heteroatoms. The van der Waals surface area contributed by atoms with Gasteiger partial charge in [0.25, 0.3) is 0 Å². The first kappa shape index (κ1) is 65.7. The lowest BCUT2D eigenvalue weighted by Gasteiger charge is -2.20. The second-order valence-electron chi connectivity index (χ2n) is 16.7. The number of nitrogens with zero attached hydrogens (tertiary/aromatic N) is 2. The van der Waals surface area contributed by atoms with E-state index in [-0.39, 0.29) is 50.5 Å². The molecule has 2 rings (SSSR count). The molecule has 392 valence electrons. The van der Waals surface area contributed by atoms with Crippen LogP contribution in [0.2, 0.25) is 0 Å². The Morgan fingerprint density at radius 3 is 1.74 bits per heavy atom. The Morgan fingerprint density at radius 2 is 1.26 bits per heavy atom. The number of hydrogen-bond acceptors (Lipinski definition) is 12. The first-order chi connectivity index (χ1) is 32.3. The molecule has 0 bridgehead atoms. The average molecular weight is 990 g/mol. The van der Waals surface area contributed by atoms with E-state index >= 15 is 0 Å². The van der Waals surface area contributed by atoms with E-state index < -0.39 is 64.1 Å². The molecular weight excluding hydrogens is 914 g/mol. The van der Waals surface area contributed by atoms with Crippen molar-refractivity contribution in [1.29, 1.82) is 0 Å². The van der Waals surface area contributed by atoms with Crippen LogP contribution in [0.4, 0.5) is 26.7 Å². The molecule has 0 saturated heterocycles. The summed E-state index contributed by atoms with van der Waals surface area (Å²) < 4.78 is 96.0. The first-order valence-electron chi connectivity index (χ1n) is 23.1. The van der Waals surface area contributed by atoms with Gasteiger partial charge in [0, 0.05) is 13.2 Å². The number of esters is 3. The van der Waals surface area contributed by atoms with Gasteiger partial charge in [0.05, 0.1) is 41.2 Å². The summed E-state index contributed by atoms with van der Waals surface area (Å²) in [5.74, 6) is -10.2. The molecule has 69 heavy (non-hydrogen) atoms. The van der Waals surface area contributed by atoms with E-state index in [0.717, 1.165) is 37.1 Å². The summed E-state index contributed by atoms with van der Waals surface area (Å²) in [6, 6.07) is 8.28. The van der Waals surface area contributed by atoms with Crippen LogP contribution >= 0.6 is 0 Å². The van der Waals surface area contributed by atoms with Gasteiger partial charge in [0.1, 0.15) is 19.0 Å². The molecule has 0 aliphatic carbocycles. The molecule has 1 N–H and O–H groups in total. The van der Waals surface area contributed by atoms with Crippen LogP contribution < -0.4 is 10.1 Å². The molecule has 0 aromatic heterocycles. The number of nitrogens with one attached hydrogen (secondary N) is 1. The van der Waals surface area contributed by atoms with Gasteiger partial charge in [-0.2, -0.15) is 0 Å². The van der Waals surface area contributed by atoms with Crippen LogP contribution in [0.5, 0.6) is 5.75 Å². The minimum Gasteiger partial charge on any atom is -0.465 e. The van der Waals surface area contributed by atoms with Crippen LogP contribution in [0.15, 0.2) is 29.4 Å². The number of hydrogen-bond donors (Lipinski definition) is 1. The zero-order valence-electron chi connectivity index (χ0n) is 43.0. The molecule has 14 nitrogen and oxygen atoms in total. The SMILES string of the molecule is CCC(C)(C)C(=O)OCc1c(F)c(F)c(F)c(F)c1F.CCC(C)=NOC(=O)NCCOCCOC(=O)C(C)(C)CC.CCOC(C)Oc1ccc(C(C)CC)cc1.[C-]#[N+]CCOC(=O)C(C)CC. The molecule has 2 aromatic rings. The molecule has 3 unspecified atom stereocenters. The van der Waals surface area contributed by atoms with Crippen LogP contribution in [0.1, 0.15) is 146 Å². The number of carbonyl (C=O) groups is 4. The van der Waals surface area contributed by atoms with Crippen LogP contribution in [-0.4, -0.2) is 82.1 Å². The number of rotatable bonds is 24. The highest BCUT2D eigenvalue weighted by Gasteiger charge is 2.30. The summed E-state index contributed by atoms with van der Waals surface area (Å²) in [5, 5.41) is 6.12. The smallest absolute Gasteiger partial charge is 0.433 e. The van der Waals surface area contributed by atoms with Crippen molar-refractivity contribution in [3.05, 3.63) is 75.9 Å². The molecule has 0 heterocycles. The Labute approximate surface area is 406 Å². The van der Waals surface area contributed by atoms with E-state index in [9.17, 15) is 41.1 Å². The Morgan fingerprint density at radius 1 is 0.725 bits per heavy atom. The van der Waals surface area contributed by atoms with Gasteiger partial charge in [-0.1, -0.05) is 65.8 Å². The molecule has 0 radical (unpaired) electrons. The lowest BCUT2D eigenvalue weighted by atomic mass is 9.91. The fourth-order valence-electron chi connectivity index (χ4n) is 4.40. The highest BCUT2D eigenvalue weighted by molar-refractivity contribution is 5.82. The van der Waals surface area contributed by atoms with Crippen molar-refractivity contribution in [3.8, 4) is 5.75 Å². The predicted octanol–water partition coefficient (Wildman–Crippen LogP) is 11.8. The number of benzene rings is 2. The van der Waals surface area contributed by atoms with Crippen LogP contribution in [0, 0.1) is 52.4 Å². The maximum absolute atomic E-state index is 13.3. The van der Waals surface area contributed by atoms with E-state index in [1.807, 2.05) is 67.5 Å². The van der Waals surface area contributed by atoms with E-state index in [1.165, 1.54) is 19.4 Å². The first-order valence-corrected chi connectivity index (χ1v) is 23.1. The molecule has 0 aliphatic heterocycles. The maximum atomic E-state index is 13.3. The fraction of sp³-hybridized carbons (Fsp3) is 0.640. The molecule has 0 fully saturated rings. The van der Waals surface area contributed by atoms with Crippen molar-refractivity contribution in [2.24, 2.45) is 21.9 Å². The largest absolute Gasteiger partial charge is 0.465 e. The normalized spacial score (nSPS) is 12.4. The number of amides is 1. The Hall–Kier alpha value is -5.35. The third-order valence-corrected chi connectivity index (χ3v) is 10.5. The topological polar surface area (TPSA) is 162 Å². The maximum Gasteiger partial charge on any atom is 0.433 e. The van der Waals surface area contributed by atoms with Crippen LogP contribution in [0.25, 0.3) is 4.85 Å². The summed E-state index contributed by atoms with van der Waals surface area (Å²) in [6.07, 6.45) is 2.99. The quantitative estimate of drug-likeness (QED) is 0.00910. The van der Waals surface area contributed by atoms with Crippen molar-refractivity contribution in [3.63, 3.8) is 0 Å². The van der Waals surface area contributed by atoms with E-state index in [1.54, 1.807) is 13.8 Å². The second-order valence-corrected chi connectivity index (χ2v) is 16.7. The Kier molecular flexibility index (Phi) is 34.0. The summed E-state index contributed by atoms with van der Waals surface area (Å²) in [6.45, 7) is 33.8. The van der Waals surface area contributed by atoms with Gasteiger partial charge < -0.3 is 38.6 Å². The van der Waals surface area contributed by atoms with Gasteiger partial charge in [-0.25, -0.2) is 33.3 Å². The third-order valence-electron chi connectivity index (χ3n) is 10.5. The standard InChI is InChI=1S/C15H28N2O5.C14H22O2.C13H13F5O2.C8H13NO2/c1-6-12(3)17-22-14(19)16-8-9-20-10-11-21-13(18)15(4,5)7-2;1-5-11(3)13-7-9-14(10-8-13)16-12(4)15-6-2;1-4-13(2,3)12(19)20-5-6-7(14)9(16)11(18)10(17)8(6)15;1-4-7(2)8(10)11-6-5-9-3/h6-11H2,1-5H3,(H,16,19);7-12H,5-6H2,1-4H3;4-5H2,1-3H3;7H,4-6H2,1-2H3.